The van der Waals surface area contributed by atoms with Crippen molar-refractivity contribution < 1.29 is 18.9 Å². The Hall–Kier alpha value is -6.82. The summed E-state index contributed by atoms with van der Waals surface area (Å²) in [5.41, 5.74) is 7.98. The summed E-state index contributed by atoms with van der Waals surface area (Å²) >= 11 is 6.70. The number of nitrogens with one attached hydrogen (secondary N) is 3. The minimum Gasteiger partial charge on any atom is -0.494 e. The second-order valence-corrected chi connectivity index (χ2v) is 24.0. The molecule has 4 fully saturated rings. The molecule has 3 N–H and O–H groups in total. The van der Waals surface area contributed by atoms with Crippen molar-refractivity contribution in [3.63, 3.8) is 0 Å². The zero-order valence-corrected chi connectivity index (χ0v) is 43.4. The summed E-state index contributed by atoms with van der Waals surface area (Å²) in [6, 6.07) is 13.6. The van der Waals surface area contributed by atoms with E-state index >= 15 is 0 Å². The second kappa shape index (κ2) is 19.2. The minimum atomic E-state index is -2.84. The van der Waals surface area contributed by atoms with Crippen molar-refractivity contribution in [2.24, 2.45) is 19.5 Å². The first kappa shape index (κ1) is 48.4. The maximum absolute atomic E-state index is 13.7. The first-order valence-electron chi connectivity index (χ1n) is 25.0. The highest BCUT2D eigenvalue weighted by Gasteiger charge is 2.41. The maximum Gasteiger partial charge on any atom is 0.329 e. The molecule has 8 heterocycles. The van der Waals surface area contributed by atoms with Gasteiger partial charge < -0.3 is 34.6 Å². The van der Waals surface area contributed by atoms with Crippen LogP contribution in [0.15, 0.2) is 78.2 Å². The van der Waals surface area contributed by atoms with Gasteiger partial charge in [-0.2, -0.15) is 10.1 Å². The molecule has 380 valence electrons. The average molecular weight is 1030 g/mol. The molecule has 73 heavy (non-hydrogen) atoms. The summed E-state index contributed by atoms with van der Waals surface area (Å²) in [5, 5.41) is 14.5. The lowest BCUT2D eigenvalue weighted by atomic mass is 9.72. The smallest absolute Gasteiger partial charge is 0.329 e. The highest BCUT2D eigenvalue weighted by atomic mass is 35.5. The van der Waals surface area contributed by atoms with Crippen molar-refractivity contribution in [3.8, 4) is 16.9 Å². The number of rotatable bonds is 11. The number of halogens is 1. The normalized spacial score (nSPS) is 19.0. The number of amides is 2. The van der Waals surface area contributed by atoms with Crippen LogP contribution in [0.5, 0.6) is 5.75 Å². The van der Waals surface area contributed by atoms with Crippen molar-refractivity contribution in [1.29, 1.82) is 0 Å². The summed E-state index contributed by atoms with van der Waals surface area (Å²) in [7, 11) is 2.52. The van der Waals surface area contributed by atoms with E-state index in [1.165, 1.54) is 12.6 Å². The minimum absolute atomic E-state index is 0.176. The Kier molecular flexibility index (Phi) is 12.8. The first-order valence-corrected chi connectivity index (χ1v) is 28.0. The van der Waals surface area contributed by atoms with E-state index in [0.717, 1.165) is 105 Å². The number of piperidine rings is 4. The summed E-state index contributed by atoms with van der Waals surface area (Å²) in [4.78, 5) is 64.5. The first-order chi connectivity index (χ1) is 35.2. The number of hydrogen-bond donors (Lipinski definition) is 3. The molecule has 7 aromatic rings. The van der Waals surface area contributed by atoms with Crippen LogP contribution in [0, 0.1) is 5.41 Å². The van der Waals surface area contributed by atoms with Crippen molar-refractivity contribution >= 4 is 92.4 Å². The molecule has 19 nitrogen and oxygen atoms in total. The SMILES string of the molecule is COc1cc(N2CCC(N3CCC4(CCCN(c5cccc6c5n(C)c(=O)n6C5CCC(=O)NC5=O)C4)CC3)CC2)c(-c2cnn(C)c2)cc1Nc1ncc(Cl)c(Nc2ccc3nccnc3c2P(C)(C)=O)n1. The molecule has 11 rings (SSSR count). The molecule has 1 unspecified atom stereocenters. The Labute approximate surface area is 427 Å². The summed E-state index contributed by atoms with van der Waals surface area (Å²) in [6.07, 6.45) is 15.7. The largest absolute Gasteiger partial charge is 0.494 e. The number of anilines is 6. The Morgan fingerprint density at radius 2 is 1.66 bits per heavy atom. The van der Waals surface area contributed by atoms with Gasteiger partial charge in [-0.25, -0.2) is 9.78 Å². The molecule has 1 spiro atoms. The number of methoxy groups -OCH3 is 1. The van der Waals surface area contributed by atoms with Crippen LogP contribution in [0.2, 0.25) is 5.02 Å². The third-order valence-corrected chi connectivity index (χ3v) is 17.3. The summed E-state index contributed by atoms with van der Waals surface area (Å²) in [5.74, 6) is 0.518. The highest BCUT2D eigenvalue weighted by Crippen LogP contribution is 2.46. The van der Waals surface area contributed by atoms with Gasteiger partial charge in [0, 0.05) is 94.2 Å². The number of hydrogen-bond acceptors (Lipinski definition) is 15. The maximum atomic E-state index is 13.7. The molecule has 0 saturated carbocycles. The summed E-state index contributed by atoms with van der Waals surface area (Å²) in [6.45, 7) is 9.08. The van der Waals surface area contributed by atoms with Gasteiger partial charge in [-0.1, -0.05) is 17.7 Å². The number of fused-ring (bicyclic) bond motifs is 2. The summed E-state index contributed by atoms with van der Waals surface area (Å²) < 4.78 is 24.8. The second-order valence-electron chi connectivity index (χ2n) is 20.5. The Morgan fingerprint density at radius 1 is 0.863 bits per heavy atom. The lowest BCUT2D eigenvalue weighted by Crippen LogP contribution is -2.53. The number of benzene rings is 3. The Bertz CT molecular complexity index is 3410. The number of carbonyl (C=O) groups excluding carboxylic acids is 2. The molecule has 1 atom stereocenters. The zero-order chi connectivity index (χ0) is 50.8. The lowest BCUT2D eigenvalue weighted by Gasteiger charge is -2.50. The third-order valence-electron chi connectivity index (χ3n) is 15.5. The van der Waals surface area contributed by atoms with Gasteiger partial charge in [-0.15, -0.1) is 0 Å². The van der Waals surface area contributed by atoms with Crippen molar-refractivity contribution in [2.45, 2.75) is 63.5 Å². The number of para-hydroxylation sites is 1. The molecule has 0 radical (unpaired) electrons. The molecule has 4 aromatic heterocycles. The van der Waals surface area contributed by atoms with Crippen molar-refractivity contribution in [3.05, 3.63) is 89.0 Å². The quantitative estimate of drug-likeness (QED) is 0.0867. The van der Waals surface area contributed by atoms with Crippen LogP contribution < -0.4 is 41.5 Å². The van der Waals surface area contributed by atoms with Gasteiger partial charge in [0.05, 0.1) is 58.4 Å². The van der Waals surface area contributed by atoms with E-state index in [4.69, 9.17) is 21.3 Å². The molecule has 21 heteroatoms. The van der Waals surface area contributed by atoms with Crippen LogP contribution in [-0.4, -0.2) is 121 Å². The lowest BCUT2D eigenvalue weighted by molar-refractivity contribution is -0.135. The third kappa shape index (κ3) is 9.20. The molecule has 2 amide bonds. The van der Waals surface area contributed by atoms with Crippen molar-refractivity contribution in [1.82, 2.24) is 49.1 Å². The fourth-order valence-corrected chi connectivity index (χ4v) is 13.4. The van der Waals surface area contributed by atoms with Gasteiger partial charge >= 0.3 is 5.69 Å². The van der Waals surface area contributed by atoms with Crippen molar-refractivity contribution in [2.75, 3.05) is 80.1 Å². The van der Waals surface area contributed by atoms with Gasteiger partial charge in [0.15, 0.2) is 5.82 Å². The molecule has 0 bridgehead atoms. The average Bonchev–Trinajstić information content (AvgIpc) is 3.93. The molecular formula is C52H60ClN14O5P. The van der Waals surface area contributed by atoms with Crippen LogP contribution >= 0.6 is 18.7 Å². The fraction of sp³-hybridized carbons (Fsp3) is 0.423. The van der Waals surface area contributed by atoms with Crippen LogP contribution in [0.3, 0.4) is 0 Å². The van der Waals surface area contributed by atoms with Crippen LogP contribution in [0.4, 0.5) is 34.5 Å². The number of aromatic nitrogens is 8. The number of imidazole rings is 1. The van der Waals surface area contributed by atoms with E-state index in [1.807, 2.05) is 43.7 Å². The van der Waals surface area contributed by atoms with Gasteiger partial charge in [-0.05, 0) is 107 Å². The van der Waals surface area contributed by atoms with Gasteiger partial charge in [0.2, 0.25) is 17.8 Å². The highest BCUT2D eigenvalue weighted by molar-refractivity contribution is 7.71. The predicted molar refractivity (Wildman–Crippen MR) is 286 cm³/mol. The van der Waals surface area contributed by atoms with E-state index in [1.54, 1.807) is 53.7 Å². The van der Waals surface area contributed by atoms with E-state index in [2.05, 4.69) is 68.9 Å². The van der Waals surface area contributed by atoms with Crippen LogP contribution in [0.1, 0.15) is 57.4 Å². The van der Waals surface area contributed by atoms with E-state index in [0.29, 0.717) is 51.7 Å². The standard InChI is InChI=1S/C52H60ClN14O5P/c1-62-30-32(28-57-62)34-26-38(59-50-56-29-35(53)48(61-50)58-37-11-10-36-45(55-20-19-54-36)47(37)73(4,5)71)43(72-3)27-42(34)65-22-14-33(15-23-65)64-24-17-52(18-25-64)16-7-21-66(31-52)39-8-6-9-40-46(39)63(2)51(70)67(40)41-12-13-44(68)60-49(41)69/h6,8-11,19-20,26-30,33,41H,7,12-18,21-25,31H2,1-5H3,(H,60,68,69)(H2,56,58,59,61). The number of imide groups is 1. The number of carbonyl (C=O) groups is 2. The van der Waals surface area contributed by atoms with Crippen LogP contribution in [0.25, 0.3) is 33.2 Å². The molecule has 0 aliphatic carbocycles. The zero-order valence-electron chi connectivity index (χ0n) is 41.8. The molecule has 4 aliphatic heterocycles. The number of likely N-dealkylation sites (tertiary alicyclic amines) is 1. The molecule has 3 aromatic carbocycles. The van der Waals surface area contributed by atoms with Gasteiger partial charge in [0.25, 0.3) is 0 Å². The number of ether oxygens (including phenoxy) is 1. The van der Waals surface area contributed by atoms with E-state index < -0.39 is 19.1 Å². The van der Waals surface area contributed by atoms with Gasteiger partial charge in [0.1, 0.15) is 29.5 Å². The monoisotopic (exact) mass is 1030 g/mol. The van der Waals surface area contributed by atoms with E-state index in [9.17, 15) is 18.9 Å². The molecule has 4 saturated heterocycles. The molecule has 4 aliphatic rings. The fourth-order valence-electron chi connectivity index (χ4n) is 11.9. The number of aryl methyl sites for hydroxylation is 2. The van der Waals surface area contributed by atoms with Crippen LogP contribution in [-0.2, 0) is 28.2 Å². The predicted octanol–water partition coefficient (Wildman–Crippen LogP) is 7.20. The molecular weight excluding hydrogens is 967 g/mol. The topological polar surface area (TPSA) is 203 Å². The Morgan fingerprint density at radius 3 is 2.40 bits per heavy atom. The Balaban J connectivity index is 0.781. The number of nitrogens with zero attached hydrogens (tertiary/aromatic N) is 11. The van der Waals surface area contributed by atoms with Gasteiger partial charge in [-0.3, -0.25) is 38.7 Å². The van der Waals surface area contributed by atoms with E-state index in [-0.39, 0.29) is 34.4 Å².